The quantitative estimate of drug-likeness (QED) is 0.859. The fourth-order valence-corrected chi connectivity index (χ4v) is 4.28. The second-order valence-corrected chi connectivity index (χ2v) is 7.64. The molecular formula is C19H18ClN3O2S. The molecule has 1 atom stereocenters. The highest BCUT2D eigenvalue weighted by atomic mass is 35.5. The summed E-state index contributed by atoms with van der Waals surface area (Å²) < 4.78 is 5.41. The van der Waals surface area contributed by atoms with E-state index in [1.807, 2.05) is 18.2 Å². The zero-order valence-electron chi connectivity index (χ0n) is 14.2. The zero-order valence-corrected chi connectivity index (χ0v) is 15.8. The monoisotopic (exact) mass is 387 g/mol. The summed E-state index contributed by atoms with van der Waals surface area (Å²) >= 11 is 7.69. The van der Waals surface area contributed by atoms with Crippen molar-refractivity contribution in [1.82, 2.24) is 4.90 Å². The third kappa shape index (κ3) is 3.39. The molecule has 2 aliphatic heterocycles. The van der Waals surface area contributed by atoms with Gasteiger partial charge in [-0.15, -0.1) is 0 Å². The highest BCUT2D eigenvalue weighted by molar-refractivity contribution is 8.14. The first-order valence-electron chi connectivity index (χ1n) is 8.34. The Morgan fingerprint density at radius 2 is 2.12 bits per heavy atom. The SMILES string of the molecule is COc1ccc(C2CN3CCSC3=N2)cc1NC(=O)c1ccc(Cl)cc1. The van der Waals surface area contributed by atoms with Crippen molar-refractivity contribution >= 4 is 40.1 Å². The van der Waals surface area contributed by atoms with E-state index in [1.165, 1.54) is 0 Å². The molecule has 0 bridgehead atoms. The number of amides is 1. The van der Waals surface area contributed by atoms with Crippen molar-refractivity contribution < 1.29 is 9.53 Å². The molecule has 0 spiro atoms. The molecule has 4 rings (SSSR count). The molecule has 2 aliphatic rings. The lowest BCUT2D eigenvalue weighted by atomic mass is 10.1. The third-order valence-corrected chi connectivity index (χ3v) is 5.75. The first kappa shape index (κ1) is 17.2. The number of halogens is 1. The Labute approximate surface area is 161 Å². The summed E-state index contributed by atoms with van der Waals surface area (Å²) in [6.45, 7) is 1.94. The Hall–Kier alpha value is -2.18. The van der Waals surface area contributed by atoms with Crippen LogP contribution in [0.15, 0.2) is 47.5 Å². The van der Waals surface area contributed by atoms with Gasteiger partial charge in [-0.3, -0.25) is 9.79 Å². The Kier molecular flexibility index (Phi) is 4.78. The van der Waals surface area contributed by atoms with Gasteiger partial charge in [-0.2, -0.15) is 0 Å². The van der Waals surface area contributed by atoms with Crippen LogP contribution in [0.3, 0.4) is 0 Å². The van der Waals surface area contributed by atoms with Crippen molar-refractivity contribution in [1.29, 1.82) is 0 Å². The van der Waals surface area contributed by atoms with E-state index in [0.717, 1.165) is 29.6 Å². The number of benzene rings is 2. The van der Waals surface area contributed by atoms with Gasteiger partial charge in [-0.05, 0) is 42.0 Å². The maximum atomic E-state index is 12.5. The summed E-state index contributed by atoms with van der Waals surface area (Å²) in [6.07, 6.45) is 0. The van der Waals surface area contributed by atoms with Crippen LogP contribution in [-0.2, 0) is 0 Å². The number of fused-ring (bicyclic) bond motifs is 1. The number of thioether (sulfide) groups is 1. The number of amidine groups is 1. The number of carbonyl (C=O) groups excluding carboxylic acids is 1. The van der Waals surface area contributed by atoms with Crippen molar-refractivity contribution in [3.05, 3.63) is 58.6 Å². The van der Waals surface area contributed by atoms with Gasteiger partial charge in [-0.1, -0.05) is 29.4 Å². The molecular weight excluding hydrogens is 370 g/mol. The van der Waals surface area contributed by atoms with Crippen LogP contribution < -0.4 is 10.1 Å². The minimum atomic E-state index is -0.203. The smallest absolute Gasteiger partial charge is 0.255 e. The number of anilines is 1. The lowest BCUT2D eigenvalue weighted by molar-refractivity contribution is 0.102. The molecule has 0 radical (unpaired) electrons. The van der Waals surface area contributed by atoms with Gasteiger partial charge in [0, 0.05) is 29.4 Å². The summed E-state index contributed by atoms with van der Waals surface area (Å²) in [5.74, 6) is 1.53. The molecule has 134 valence electrons. The van der Waals surface area contributed by atoms with Crippen molar-refractivity contribution in [2.75, 3.05) is 31.3 Å². The average molecular weight is 388 g/mol. The first-order chi connectivity index (χ1) is 12.6. The van der Waals surface area contributed by atoms with Crippen molar-refractivity contribution in [2.45, 2.75) is 6.04 Å². The number of hydrogen-bond acceptors (Lipinski definition) is 5. The van der Waals surface area contributed by atoms with E-state index in [9.17, 15) is 4.79 Å². The molecule has 2 aromatic rings. The predicted octanol–water partition coefficient (Wildman–Crippen LogP) is 4.06. The van der Waals surface area contributed by atoms with Gasteiger partial charge in [-0.25, -0.2) is 0 Å². The maximum Gasteiger partial charge on any atom is 0.255 e. The average Bonchev–Trinajstić information content (AvgIpc) is 3.24. The van der Waals surface area contributed by atoms with Crippen LogP contribution >= 0.6 is 23.4 Å². The number of rotatable bonds is 4. The number of nitrogens with zero attached hydrogens (tertiary/aromatic N) is 2. The number of ether oxygens (including phenoxy) is 1. The summed E-state index contributed by atoms with van der Waals surface area (Å²) in [6, 6.07) is 12.7. The Morgan fingerprint density at radius 3 is 2.85 bits per heavy atom. The molecule has 1 unspecified atom stereocenters. The van der Waals surface area contributed by atoms with E-state index in [-0.39, 0.29) is 11.9 Å². The summed E-state index contributed by atoms with van der Waals surface area (Å²) in [7, 11) is 1.59. The number of nitrogens with one attached hydrogen (secondary N) is 1. The van der Waals surface area contributed by atoms with E-state index in [0.29, 0.717) is 22.0 Å². The Balaban J connectivity index is 1.58. The van der Waals surface area contributed by atoms with E-state index in [2.05, 4.69) is 10.2 Å². The van der Waals surface area contributed by atoms with Crippen LogP contribution in [0.5, 0.6) is 5.75 Å². The standard InChI is InChI=1S/C19H18ClN3O2S/c1-25-17-7-4-13(16-11-23-8-9-26-19(23)22-16)10-15(17)21-18(24)12-2-5-14(20)6-3-12/h2-7,10,16H,8-9,11H2,1H3,(H,21,24). The molecule has 7 heteroatoms. The molecule has 1 amide bonds. The number of methoxy groups -OCH3 is 1. The molecule has 5 nitrogen and oxygen atoms in total. The highest BCUT2D eigenvalue weighted by Gasteiger charge is 2.30. The fraction of sp³-hybridized carbons (Fsp3) is 0.263. The largest absolute Gasteiger partial charge is 0.495 e. The maximum absolute atomic E-state index is 12.5. The van der Waals surface area contributed by atoms with Crippen LogP contribution in [0.25, 0.3) is 0 Å². The normalized spacial score (nSPS) is 18.5. The van der Waals surface area contributed by atoms with Crippen molar-refractivity contribution in [3.8, 4) is 5.75 Å². The Bertz CT molecular complexity index is 870. The van der Waals surface area contributed by atoms with Gasteiger partial charge >= 0.3 is 0 Å². The second kappa shape index (κ2) is 7.21. The van der Waals surface area contributed by atoms with E-state index >= 15 is 0 Å². The molecule has 2 heterocycles. The summed E-state index contributed by atoms with van der Waals surface area (Å²) in [5, 5.41) is 4.66. The zero-order chi connectivity index (χ0) is 18.1. The van der Waals surface area contributed by atoms with E-state index in [4.69, 9.17) is 21.3 Å². The first-order valence-corrected chi connectivity index (χ1v) is 9.71. The lowest BCUT2D eigenvalue weighted by Crippen LogP contribution is -2.21. The minimum absolute atomic E-state index is 0.0925. The molecule has 26 heavy (non-hydrogen) atoms. The Morgan fingerprint density at radius 1 is 1.31 bits per heavy atom. The molecule has 2 aromatic carbocycles. The van der Waals surface area contributed by atoms with Crippen LogP contribution in [-0.4, -0.2) is 41.9 Å². The van der Waals surface area contributed by atoms with Gasteiger partial charge in [0.25, 0.3) is 5.91 Å². The second-order valence-electron chi connectivity index (χ2n) is 6.14. The van der Waals surface area contributed by atoms with Crippen LogP contribution in [0.4, 0.5) is 5.69 Å². The molecule has 1 N–H and O–H groups in total. The summed E-state index contributed by atoms with van der Waals surface area (Å²) in [4.78, 5) is 19.6. The lowest BCUT2D eigenvalue weighted by Gasteiger charge is -2.16. The van der Waals surface area contributed by atoms with Gasteiger partial charge in [0.2, 0.25) is 0 Å². The van der Waals surface area contributed by atoms with Gasteiger partial charge < -0.3 is 15.0 Å². The minimum Gasteiger partial charge on any atom is -0.495 e. The van der Waals surface area contributed by atoms with E-state index < -0.39 is 0 Å². The van der Waals surface area contributed by atoms with Crippen molar-refractivity contribution in [3.63, 3.8) is 0 Å². The number of carbonyl (C=O) groups is 1. The molecule has 1 saturated heterocycles. The van der Waals surface area contributed by atoms with Gasteiger partial charge in [0.05, 0.1) is 18.8 Å². The van der Waals surface area contributed by atoms with Gasteiger partial charge in [0.1, 0.15) is 5.75 Å². The molecule has 0 aliphatic carbocycles. The predicted molar refractivity (Wildman–Crippen MR) is 107 cm³/mol. The summed E-state index contributed by atoms with van der Waals surface area (Å²) in [5.41, 5.74) is 2.25. The third-order valence-electron chi connectivity index (χ3n) is 4.49. The number of hydrogen-bond donors (Lipinski definition) is 1. The number of aliphatic imine (C=N–C) groups is 1. The van der Waals surface area contributed by atoms with Crippen LogP contribution in [0, 0.1) is 0 Å². The van der Waals surface area contributed by atoms with Crippen LogP contribution in [0.1, 0.15) is 22.0 Å². The van der Waals surface area contributed by atoms with Crippen LogP contribution in [0.2, 0.25) is 5.02 Å². The molecule has 1 fully saturated rings. The van der Waals surface area contributed by atoms with Gasteiger partial charge in [0.15, 0.2) is 5.17 Å². The molecule has 0 aromatic heterocycles. The fourth-order valence-electron chi connectivity index (χ4n) is 3.11. The highest BCUT2D eigenvalue weighted by Crippen LogP contribution is 2.35. The van der Waals surface area contributed by atoms with Crippen molar-refractivity contribution in [2.24, 2.45) is 4.99 Å². The van der Waals surface area contributed by atoms with E-state index in [1.54, 1.807) is 43.1 Å². The molecule has 0 saturated carbocycles. The topological polar surface area (TPSA) is 53.9 Å².